The molecule has 0 radical (unpaired) electrons. The molecule has 0 atom stereocenters. The third kappa shape index (κ3) is 5.76. The number of benzene rings is 4. The fourth-order valence-electron chi connectivity index (χ4n) is 3.76. The van der Waals surface area contributed by atoms with Gasteiger partial charge in [-0.1, -0.05) is 24.3 Å². The van der Waals surface area contributed by atoms with Crippen molar-refractivity contribution in [3.05, 3.63) is 106 Å². The number of carbonyl (C=O) groups excluding carboxylic acids is 1. The maximum absolute atomic E-state index is 12.7. The molecule has 0 fully saturated rings. The quantitative estimate of drug-likeness (QED) is 0.262. The number of hydrogen-bond donors (Lipinski definition) is 4. The van der Waals surface area contributed by atoms with E-state index >= 15 is 0 Å². The topological polar surface area (TPSA) is 132 Å². The highest BCUT2D eigenvalue weighted by molar-refractivity contribution is 7.91. The van der Waals surface area contributed by atoms with Crippen LogP contribution in [0.3, 0.4) is 0 Å². The Labute approximate surface area is 215 Å². The minimum atomic E-state index is -3.68. The minimum absolute atomic E-state index is 0.0873. The predicted octanol–water partition coefficient (Wildman–Crippen LogP) is 5.49. The van der Waals surface area contributed by atoms with Crippen molar-refractivity contribution >= 4 is 15.6 Å². The molecule has 0 unspecified atom stereocenters. The molecule has 8 heteroatoms. The summed E-state index contributed by atoms with van der Waals surface area (Å²) in [4.78, 5) is 12.2. The number of phenolic OH excluding ortho intramolecular Hbond substituents is 4. The second-order valence-corrected chi connectivity index (χ2v) is 10.6. The van der Waals surface area contributed by atoms with Crippen molar-refractivity contribution in [3.63, 3.8) is 0 Å². The first-order chi connectivity index (χ1) is 17.3. The van der Waals surface area contributed by atoms with Crippen molar-refractivity contribution in [2.75, 3.05) is 0 Å². The molecule has 0 amide bonds. The van der Waals surface area contributed by atoms with E-state index in [-0.39, 0.29) is 43.9 Å². The molecule has 0 bridgehead atoms. The molecule has 192 valence electrons. The van der Waals surface area contributed by atoms with Gasteiger partial charge in [-0.2, -0.15) is 0 Å². The highest BCUT2D eigenvalue weighted by Crippen LogP contribution is 2.32. The van der Waals surface area contributed by atoms with Gasteiger partial charge in [0.1, 0.15) is 23.0 Å². The van der Waals surface area contributed by atoms with E-state index in [4.69, 9.17) is 0 Å². The maximum Gasteiger partial charge on any atom is 0.206 e. The van der Waals surface area contributed by atoms with E-state index in [2.05, 4.69) is 0 Å². The fraction of sp³-hybridized carbons (Fsp3) is 0.138. The Bertz CT molecular complexity index is 1430. The first kappa shape index (κ1) is 27.3. The van der Waals surface area contributed by atoms with Crippen LogP contribution in [-0.2, 0) is 9.84 Å². The van der Waals surface area contributed by atoms with Crippen molar-refractivity contribution in [2.45, 2.75) is 37.5 Å². The van der Waals surface area contributed by atoms with Crippen LogP contribution in [-0.4, -0.2) is 34.6 Å². The third-order valence-electron chi connectivity index (χ3n) is 5.85. The van der Waals surface area contributed by atoms with Gasteiger partial charge >= 0.3 is 0 Å². The molecule has 0 aliphatic rings. The summed E-state index contributed by atoms with van der Waals surface area (Å²) in [5, 5.41) is 38.6. The van der Waals surface area contributed by atoms with E-state index in [1.54, 1.807) is 52.0 Å². The zero-order chi connectivity index (χ0) is 27.5. The van der Waals surface area contributed by atoms with Crippen molar-refractivity contribution in [3.8, 4) is 23.0 Å². The average molecular weight is 521 g/mol. The lowest BCUT2D eigenvalue weighted by Gasteiger charge is -2.11. The standard InChI is InChI=1S/C16H18O4S.C13H10O3/c1-9-5-13(6-10(2)15(9)17)21(19,20)14-7-11(3)16(18)12(4)8-14;14-11-7-3-1-5-9(11)13(16)10-6-2-4-8-12(10)15/h5-8,17-18H,1-4H3;1-8,14-15H. The Morgan fingerprint density at radius 1 is 0.568 bits per heavy atom. The molecule has 0 spiro atoms. The summed E-state index contributed by atoms with van der Waals surface area (Å²) < 4.78 is 25.4. The van der Waals surface area contributed by atoms with Gasteiger partial charge in [0.2, 0.25) is 9.84 Å². The molecule has 7 nitrogen and oxygen atoms in total. The van der Waals surface area contributed by atoms with Crippen LogP contribution in [0.2, 0.25) is 0 Å². The van der Waals surface area contributed by atoms with Crippen LogP contribution in [0.15, 0.2) is 82.6 Å². The van der Waals surface area contributed by atoms with Gasteiger partial charge in [0.25, 0.3) is 0 Å². The van der Waals surface area contributed by atoms with Crippen LogP contribution in [0.25, 0.3) is 0 Å². The summed E-state index contributed by atoms with van der Waals surface area (Å²) in [5.41, 5.74) is 2.43. The highest BCUT2D eigenvalue weighted by atomic mass is 32.2. The van der Waals surface area contributed by atoms with Crippen LogP contribution in [0, 0.1) is 27.7 Å². The summed E-state index contributed by atoms with van der Waals surface area (Å²) in [7, 11) is -3.68. The Kier molecular flexibility index (Phi) is 7.93. The molecule has 0 aromatic heterocycles. The van der Waals surface area contributed by atoms with Crippen LogP contribution >= 0.6 is 0 Å². The van der Waals surface area contributed by atoms with Crippen molar-refractivity contribution in [1.82, 2.24) is 0 Å². The molecule has 0 heterocycles. The summed E-state index contributed by atoms with van der Waals surface area (Å²) in [6.45, 7) is 6.65. The van der Waals surface area contributed by atoms with Crippen LogP contribution in [0.1, 0.15) is 38.2 Å². The van der Waals surface area contributed by atoms with Gasteiger partial charge in [-0.25, -0.2) is 8.42 Å². The van der Waals surface area contributed by atoms with Gasteiger partial charge in [-0.15, -0.1) is 0 Å². The minimum Gasteiger partial charge on any atom is -0.507 e. The molecule has 4 aromatic carbocycles. The third-order valence-corrected chi connectivity index (χ3v) is 7.56. The van der Waals surface area contributed by atoms with Crippen molar-refractivity contribution < 1.29 is 33.6 Å². The maximum atomic E-state index is 12.7. The molecule has 0 aliphatic carbocycles. The number of carbonyl (C=O) groups is 1. The molecule has 4 N–H and O–H groups in total. The number of phenols is 4. The van der Waals surface area contributed by atoms with E-state index < -0.39 is 15.6 Å². The van der Waals surface area contributed by atoms with E-state index in [1.807, 2.05) is 0 Å². The molecule has 0 saturated carbocycles. The Balaban J connectivity index is 0.000000213. The first-order valence-corrected chi connectivity index (χ1v) is 12.8. The van der Waals surface area contributed by atoms with Crippen LogP contribution in [0.5, 0.6) is 23.0 Å². The molecular weight excluding hydrogens is 492 g/mol. The number of ketones is 1. The van der Waals surface area contributed by atoms with Crippen LogP contribution in [0.4, 0.5) is 0 Å². The molecule has 4 rings (SSSR count). The second-order valence-electron chi connectivity index (χ2n) is 8.68. The van der Waals surface area contributed by atoms with E-state index in [9.17, 15) is 33.6 Å². The lowest BCUT2D eigenvalue weighted by atomic mass is 10.0. The summed E-state index contributed by atoms with van der Waals surface area (Å²) in [6.07, 6.45) is 0. The lowest BCUT2D eigenvalue weighted by Crippen LogP contribution is -2.04. The van der Waals surface area contributed by atoms with Gasteiger partial charge in [0.05, 0.1) is 20.9 Å². The number of para-hydroxylation sites is 2. The summed E-state index contributed by atoms with van der Waals surface area (Å²) in [5.74, 6) is -0.359. The van der Waals surface area contributed by atoms with E-state index in [1.165, 1.54) is 48.5 Å². The van der Waals surface area contributed by atoms with Gasteiger partial charge in [-0.3, -0.25) is 4.79 Å². The normalized spacial score (nSPS) is 10.9. The Morgan fingerprint density at radius 2 is 0.865 bits per heavy atom. The first-order valence-electron chi connectivity index (χ1n) is 11.3. The molecule has 37 heavy (non-hydrogen) atoms. The van der Waals surface area contributed by atoms with Crippen LogP contribution < -0.4 is 0 Å². The number of hydrogen-bond acceptors (Lipinski definition) is 7. The van der Waals surface area contributed by atoms with E-state index in [0.29, 0.717) is 22.3 Å². The molecule has 0 saturated heterocycles. The Morgan fingerprint density at radius 3 is 1.16 bits per heavy atom. The monoisotopic (exact) mass is 520 g/mol. The Hall–Kier alpha value is -4.30. The molecule has 0 aliphatic heterocycles. The SMILES string of the molecule is Cc1cc(S(=O)(=O)c2cc(C)c(O)c(C)c2)cc(C)c1O.O=C(c1ccccc1O)c1ccccc1O. The molecular formula is C29H28O7S. The van der Waals surface area contributed by atoms with Gasteiger partial charge in [-0.05, 0) is 98.5 Å². The smallest absolute Gasteiger partial charge is 0.206 e. The van der Waals surface area contributed by atoms with Crippen molar-refractivity contribution in [1.29, 1.82) is 0 Å². The summed E-state index contributed by atoms with van der Waals surface area (Å²) in [6, 6.07) is 18.3. The molecule has 4 aromatic rings. The number of aryl methyl sites for hydroxylation is 4. The fourth-order valence-corrected chi connectivity index (χ4v) is 5.35. The highest BCUT2D eigenvalue weighted by Gasteiger charge is 2.21. The van der Waals surface area contributed by atoms with Crippen molar-refractivity contribution in [2.24, 2.45) is 0 Å². The van der Waals surface area contributed by atoms with Gasteiger partial charge in [0.15, 0.2) is 5.78 Å². The zero-order valence-corrected chi connectivity index (χ0v) is 21.7. The number of sulfone groups is 1. The zero-order valence-electron chi connectivity index (χ0n) is 20.9. The van der Waals surface area contributed by atoms with E-state index in [0.717, 1.165) is 0 Å². The predicted molar refractivity (Wildman–Crippen MR) is 140 cm³/mol. The number of rotatable bonds is 4. The lowest BCUT2D eigenvalue weighted by molar-refractivity contribution is 0.103. The number of aromatic hydroxyl groups is 4. The largest absolute Gasteiger partial charge is 0.507 e. The second kappa shape index (κ2) is 10.8. The van der Waals surface area contributed by atoms with Gasteiger partial charge < -0.3 is 20.4 Å². The average Bonchev–Trinajstić information content (AvgIpc) is 2.85. The van der Waals surface area contributed by atoms with Gasteiger partial charge in [0, 0.05) is 0 Å². The summed E-state index contributed by atoms with van der Waals surface area (Å²) >= 11 is 0.